The van der Waals surface area contributed by atoms with E-state index in [1.807, 2.05) is 17.5 Å². The Kier molecular flexibility index (Phi) is 4.59. The Morgan fingerprint density at radius 3 is 2.75 bits per heavy atom. The van der Waals surface area contributed by atoms with Crippen molar-refractivity contribution in [1.29, 1.82) is 0 Å². The quantitative estimate of drug-likeness (QED) is 0.854. The van der Waals surface area contributed by atoms with Crippen LogP contribution in [-0.4, -0.2) is 21.5 Å². The molecule has 0 unspecified atom stereocenters. The van der Waals surface area contributed by atoms with E-state index in [-0.39, 0.29) is 16.3 Å². The first kappa shape index (κ1) is 15.2. The van der Waals surface area contributed by atoms with Gasteiger partial charge in [0.25, 0.3) is 0 Å². The molecule has 108 valence electrons. The first-order valence-electron chi connectivity index (χ1n) is 5.64. The molecule has 0 radical (unpaired) electrons. The minimum atomic E-state index is -3.74. The van der Waals surface area contributed by atoms with E-state index in [4.69, 9.17) is 0 Å². The van der Waals surface area contributed by atoms with E-state index in [0.29, 0.717) is 5.56 Å². The topological polar surface area (TPSA) is 72.5 Å². The van der Waals surface area contributed by atoms with Crippen molar-refractivity contribution in [3.8, 4) is 0 Å². The van der Waals surface area contributed by atoms with Crippen LogP contribution in [0.2, 0.25) is 0 Å². The maximum Gasteiger partial charge on any atom is 0.349 e. The van der Waals surface area contributed by atoms with Gasteiger partial charge in [0.2, 0.25) is 10.0 Å². The number of thiophene rings is 2. The third-order valence-electron chi connectivity index (χ3n) is 2.57. The van der Waals surface area contributed by atoms with Crippen LogP contribution in [0, 0.1) is 6.92 Å². The van der Waals surface area contributed by atoms with Gasteiger partial charge in [0.1, 0.15) is 9.77 Å². The lowest BCUT2D eigenvalue weighted by Crippen LogP contribution is -2.24. The highest BCUT2D eigenvalue weighted by atomic mass is 32.2. The highest BCUT2D eigenvalue weighted by Crippen LogP contribution is 2.27. The van der Waals surface area contributed by atoms with Crippen molar-refractivity contribution in [2.75, 3.05) is 7.11 Å². The Labute approximate surface area is 125 Å². The molecular formula is C12H13NO4S3. The van der Waals surface area contributed by atoms with E-state index in [1.54, 1.807) is 12.3 Å². The molecule has 0 aliphatic carbocycles. The zero-order valence-corrected chi connectivity index (χ0v) is 13.3. The Morgan fingerprint density at radius 1 is 1.40 bits per heavy atom. The predicted molar refractivity (Wildman–Crippen MR) is 78.7 cm³/mol. The highest BCUT2D eigenvalue weighted by Gasteiger charge is 2.27. The zero-order valence-electron chi connectivity index (χ0n) is 10.9. The van der Waals surface area contributed by atoms with Crippen molar-refractivity contribution >= 4 is 38.7 Å². The number of rotatable bonds is 5. The van der Waals surface area contributed by atoms with E-state index in [0.717, 1.165) is 16.2 Å². The Morgan fingerprint density at radius 2 is 2.15 bits per heavy atom. The first-order valence-corrected chi connectivity index (χ1v) is 8.88. The van der Waals surface area contributed by atoms with Crippen LogP contribution < -0.4 is 4.72 Å². The number of carbonyl (C=O) groups is 1. The molecule has 2 aromatic rings. The molecule has 0 amide bonds. The van der Waals surface area contributed by atoms with Crippen LogP contribution >= 0.6 is 22.7 Å². The van der Waals surface area contributed by atoms with Gasteiger partial charge in [-0.2, -0.15) is 0 Å². The van der Waals surface area contributed by atoms with Gasteiger partial charge in [-0.15, -0.1) is 22.7 Å². The predicted octanol–water partition coefficient (Wildman–Crippen LogP) is 2.38. The third-order valence-corrected chi connectivity index (χ3v) is 6.25. The van der Waals surface area contributed by atoms with Crippen LogP contribution in [0.4, 0.5) is 0 Å². The largest absolute Gasteiger partial charge is 0.465 e. The summed E-state index contributed by atoms with van der Waals surface area (Å²) in [6.07, 6.45) is 0. The Bertz CT molecular complexity index is 701. The lowest BCUT2D eigenvalue weighted by atomic mass is 10.3. The molecular weight excluding hydrogens is 318 g/mol. The van der Waals surface area contributed by atoms with Gasteiger partial charge < -0.3 is 4.74 Å². The van der Waals surface area contributed by atoms with Gasteiger partial charge >= 0.3 is 5.97 Å². The fourth-order valence-corrected chi connectivity index (χ4v) is 5.10. The van der Waals surface area contributed by atoms with E-state index in [2.05, 4.69) is 9.46 Å². The SMILES string of the molecule is COC(=O)c1scc(C)c1S(=O)(=O)NCc1cccs1. The minimum Gasteiger partial charge on any atom is -0.465 e. The van der Waals surface area contributed by atoms with Crippen molar-refractivity contribution < 1.29 is 17.9 Å². The van der Waals surface area contributed by atoms with Gasteiger partial charge in [0, 0.05) is 11.4 Å². The van der Waals surface area contributed by atoms with Gasteiger partial charge in [-0.3, -0.25) is 0 Å². The summed E-state index contributed by atoms with van der Waals surface area (Å²) in [6.45, 7) is 1.86. The number of ether oxygens (including phenoxy) is 1. The summed E-state index contributed by atoms with van der Waals surface area (Å²) in [5, 5.41) is 3.51. The molecule has 0 aliphatic rings. The lowest BCUT2D eigenvalue weighted by molar-refractivity contribution is 0.0602. The van der Waals surface area contributed by atoms with Crippen LogP contribution in [0.15, 0.2) is 27.8 Å². The summed E-state index contributed by atoms with van der Waals surface area (Å²) in [4.78, 5) is 12.6. The smallest absolute Gasteiger partial charge is 0.349 e. The standard InChI is InChI=1S/C12H13NO4S3/c1-8-7-19-10(12(14)17-2)11(8)20(15,16)13-6-9-4-3-5-18-9/h3-5,7,13H,6H2,1-2H3. The average molecular weight is 331 g/mol. The Hall–Kier alpha value is -1.22. The molecule has 2 aromatic heterocycles. The normalized spacial score (nSPS) is 11.5. The molecule has 0 aliphatic heterocycles. The monoisotopic (exact) mass is 331 g/mol. The number of carbonyl (C=O) groups excluding carboxylic acids is 1. The molecule has 2 heterocycles. The summed E-state index contributed by atoms with van der Waals surface area (Å²) in [5.41, 5.74) is 0.536. The second-order valence-corrected chi connectivity index (χ2v) is 7.59. The third kappa shape index (κ3) is 3.09. The van der Waals surface area contributed by atoms with Crippen LogP contribution in [0.5, 0.6) is 0 Å². The number of methoxy groups -OCH3 is 1. The molecule has 0 fully saturated rings. The minimum absolute atomic E-state index is 0.00547. The molecule has 0 bridgehead atoms. The number of sulfonamides is 1. The number of hydrogen-bond acceptors (Lipinski definition) is 6. The molecule has 0 atom stereocenters. The Balaban J connectivity index is 2.29. The number of hydrogen-bond donors (Lipinski definition) is 1. The first-order chi connectivity index (χ1) is 9.45. The van der Waals surface area contributed by atoms with Crippen LogP contribution in [0.25, 0.3) is 0 Å². The summed E-state index contributed by atoms with van der Waals surface area (Å²) in [5.74, 6) is -0.639. The van der Waals surface area contributed by atoms with Crippen LogP contribution in [0.3, 0.4) is 0 Å². The van der Waals surface area contributed by atoms with Gasteiger partial charge in [0.15, 0.2) is 0 Å². The van der Waals surface area contributed by atoms with Gasteiger partial charge in [-0.05, 0) is 29.3 Å². The van der Waals surface area contributed by atoms with Crippen molar-refractivity contribution in [2.45, 2.75) is 18.4 Å². The van der Waals surface area contributed by atoms with E-state index in [1.165, 1.54) is 18.4 Å². The zero-order chi connectivity index (χ0) is 14.8. The summed E-state index contributed by atoms with van der Waals surface area (Å²) >= 11 is 2.53. The van der Waals surface area contributed by atoms with Crippen LogP contribution in [0.1, 0.15) is 20.1 Å². The van der Waals surface area contributed by atoms with Gasteiger partial charge in [0.05, 0.1) is 7.11 Å². The molecule has 1 N–H and O–H groups in total. The van der Waals surface area contributed by atoms with Crippen molar-refractivity contribution in [1.82, 2.24) is 4.72 Å². The molecule has 8 heteroatoms. The number of nitrogens with one attached hydrogen (secondary N) is 1. The fraction of sp³-hybridized carbons (Fsp3) is 0.250. The molecule has 0 aromatic carbocycles. The van der Waals surface area contributed by atoms with Crippen molar-refractivity contribution in [3.63, 3.8) is 0 Å². The molecule has 20 heavy (non-hydrogen) atoms. The van der Waals surface area contributed by atoms with Gasteiger partial charge in [-0.25, -0.2) is 17.9 Å². The van der Waals surface area contributed by atoms with Crippen LogP contribution in [-0.2, 0) is 21.3 Å². The molecule has 5 nitrogen and oxygen atoms in total. The highest BCUT2D eigenvalue weighted by molar-refractivity contribution is 7.89. The maximum atomic E-state index is 12.3. The number of esters is 1. The molecule has 0 saturated carbocycles. The number of aryl methyl sites for hydroxylation is 1. The van der Waals surface area contributed by atoms with E-state index in [9.17, 15) is 13.2 Å². The maximum absolute atomic E-state index is 12.3. The van der Waals surface area contributed by atoms with E-state index < -0.39 is 16.0 Å². The summed E-state index contributed by atoms with van der Waals surface area (Å²) in [6, 6.07) is 3.69. The van der Waals surface area contributed by atoms with E-state index >= 15 is 0 Å². The van der Waals surface area contributed by atoms with Gasteiger partial charge in [-0.1, -0.05) is 6.07 Å². The fourth-order valence-electron chi connectivity index (χ4n) is 1.65. The lowest BCUT2D eigenvalue weighted by Gasteiger charge is -2.07. The molecule has 2 rings (SSSR count). The second kappa shape index (κ2) is 6.04. The summed E-state index contributed by atoms with van der Waals surface area (Å²) in [7, 11) is -2.51. The van der Waals surface area contributed by atoms with Crippen molar-refractivity contribution in [3.05, 3.63) is 38.2 Å². The average Bonchev–Trinajstić information content (AvgIpc) is 3.04. The summed E-state index contributed by atoms with van der Waals surface area (Å²) < 4.78 is 31.8. The molecule has 0 spiro atoms. The second-order valence-electron chi connectivity index (χ2n) is 3.97. The van der Waals surface area contributed by atoms with Crippen molar-refractivity contribution in [2.24, 2.45) is 0 Å². The molecule has 0 saturated heterocycles.